The predicted octanol–water partition coefficient (Wildman–Crippen LogP) is 1.51. The molecule has 5 nitrogen and oxygen atoms in total. The molecule has 1 heterocycles. The second-order valence-electron chi connectivity index (χ2n) is 5.54. The molecule has 0 aliphatic carbocycles. The second kappa shape index (κ2) is 6.62. The smallest absolute Gasteiger partial charge is 0.243 e. The van der Waals surface area contributed by atoms with Crippen molar-refractivity contribution in [3.63, 3.8) is 0 Å². The van der Waals surface area contributed by atoms with Gasteiger partial charge in [-0.05, 0) is 50.7 Å². The highest BCUT2D eigenvalue weighted by atomic mass is 35.5. The van der Waals surface area contributed by atoms with Gasteiger partial charge in [-0.15, -0.1) is 0 Å². The van der Waals surface area contributed by atoms with Crippen LogP contribution in [0.15, 0.2) is 23.1 Å². The van der Waals surface area contributed by atoms with Crippen molar-refractivity contribution in [2.24, 2.45) is 5.73 Å². The van der Waals surface area contributed by atoms with E-state index in [1.807, 2.05) is 14.0 Å². The molecule has 2 N–H and O–H groups in total. The summed E-state index contributed by atoms with van der Waals surface area (Å²) in [5.74, 6) is 0. The van der Waals surface area contributed by atoms with Crippen LogP contribution in [0.3, 0.4) is 0 Å². The molecule has 0 spiro atoms. The highest BCUT2D eigenvalue weighted by Crippen LogP contribution is 2.25. The van der Waals surface area contributed by atoms with Gasteiger partial charge >= 0.3 is 0 Å². The van der Waals surface area contributed by atoms with Crippen LogP contribution in [0.4, 0.5) is 0 Å². The molecule has 1 aliphatic heterocycles. The average molecular weight is 332 g/mol. The fraction of sp³-hybridized carbons (Fsp3) is 0.571. The number of nitrogens with zero attached hydrogens (tertiary/aromatic N) is 2. The number of likely N-dealkylation sites (N-methyl/N-ethyl adjacent to an activating group) is 1. The zero-order valence-electron chi connectivity index (χ0n) is 12.4. The molecular weight excluding hydrogens is 310 g/mol. The Hall–Kier alpha value is -0.660. The van der Waals surface area contributed by atoms with Crippen molar-refractivity contribution in [3.05, 3.63) is 28.8 Å². The van der Waals surface area contributed by atoms with Gasteiger partial charge in [-0.3, -0.25) is 0 Å². The van der Waals surface area contributed by atoms with E-state index >= 15 is 0 Å². The van der Waals surface area contributed by atoms with Crippen LogP contribution in [-0.2, 0) is 16.6 Å². The maximum Gasteiger partial charge on any atom is 0.243 e. The molecule has 1 aromatic rings. The fourth-order valence-corrected chi connectivity index (χ4v) is 4.62. The summed E-state index contributed by atoms with van der Waals surface area (Å²) in [7, 11) is -1.50. The Bertz CT molecular complexity index is 606. The summed E-state index contributed by atoms with van der Waals surface area (Å²) in [4.78, 5) is 2.43. The number of benzene rings is 1. The minimum Gasteiger partial charge on any atom is -0.326 e. The largest absolute Gasteiger partial charge is 0.326 e. The Morgan fingerprint density at radius 1 is 1.38 bits per heavy atom. The summed E-state index contributed by atoms with van der Waals surface area (Å²) in [6.45, 7) is 4.34. The van der Waals surface area contributed by atoms with E-state index in [9.17, 15) is 8.42 Å². The number of nitrogens with two attached hydrogens (primary N) is 1. The number of sulfonamides is 1. The van der Waals surface area contributed by atoms with Crippen molar-refractivity contribution < 1.29 is 8.42 Å². The molecule has 1 unspecified atom stereocenters. The van der Waals surface area contributed by atoms with Crippen molar-refractivity contribution in [2.45, 2.75) is 30.8 Å². The van der Waals surface area contributed by atoms with Gasteiger partial charge in [-0.25, -0.2) is 8.42 Å². The van der Waals surface area contributed by atoms with Gasteiger partial charge in [0, 0.05) is 30.7 Å². The maximum absolute atomic E-state index is 12.9. The molecule has 1 saturated heterocycles. The molecule has 0 bridgehead atoms. The van der Waals surface area contributed by atoms with Crippen LogP contribution >= 0.6 is 11.6 Å². The van der Waals surface area contributed by atoms with Crippen molar-refractivity contribution in [1.82, 2.24) is 9.21 Å². The standard InChI is InChI=1S/C14H22ClN3O2S/c1-11-10-17(2)6-3-7-18(11)21(19,20)13-4-5-14(15)12(8-13)9-16/h4-5,8,11H,3,6-7,9-10,16H2,1-2H3. The van der Waals surface area contributed by atoms with E-state index in [1.54, 1.807) is 22.5 Å². The molecule has 0 radical (unpaired) electrons. The SMILES string of the molecule is CC1CN(C)CCCN1S(=O)(=O)c1ccc(Cl)c(CN)c1. The Morgan fingerprint density at radius 3 is 2.76 bits per heavy atom. The Labute approximate surface area is 131 Å². The van der Waals surface area contributed by atoms with Crippen molar-refractivity contribution in [3.8, 4) is 0 Å². The van der Waals surface area contributed by atoms with E-state index < -0.39 is 10.0 Å². The third-order valence-electron chi connectivity index (χ3n) is 3.83. The number of hydrogen-bond donors (Lipinski definition) is 1. The highest BCUT2D eigenvalue weighted by molar-refractivity contribution is 7.89. The summed E-state index contributed by atoms with van der Waals surface area (Å²) in [5, 5.41) is 0.500. The molecule has 1 aliphatic rings. The van der Waals surface area contributed by atoms with Crippen LogP contribution in [0.5, 0.6) is 0 Å². The van der Waals surface area contributed by atoms with E-state index in [4.69, 9.17) is 17.3 Å². The lowest BCUT2D eigenvalue weighted by atomic mass is 10.2. The lowest BCUT2D eigenvalue weighted by molar-refractivity contribution is 0.290. The first-order chi connectivity index (χ1) is 9.86. The monoisotopic (exact) mass is 331 g/mol. The summed E-state index contributed by atoms with van der Waals surface area (Å²) < 4.78 is 27.3. The minimum absolute atomic E-state index is 0.0560. The lowest BCUT2D eigenvalue weighted by Crippen LogP contribution is -2.41. The van der Waals surface area contributed by atoms with Gasteiger partial charge in [0.25, 0.3) is 0 Å². The summed E-state index contributed by atoms with van der Waals surface area (Å²) in [6.07, 6.45) is 0.831. The minimum atomic E-state index is -3.51. The second-order valence-corrected chi connectivity index (χ2v) is 7.84. The zero-order valence-corrected chi connectivity index (χ0v) is 14.0. The molecule has 1 fully saturated rings. The van der Waals surface area contributed by atoms with Gasteiger partial charge in [0.15, 0.2) is 0 Å². The summed E-state index contributed by atoms with van der Waals surface area (Å²) >= 11 is 6.01. The van der Waals surface area contributed by atoms with E-state index in [1.165, 1.54) is 0 Å². The topological polar surface area (TPSA) is 66.6 Å². The fourth-order valence-electron chi connectivity index (χ4n) is 2.71. The van der Waals surface area contributed by atoms with Gasteiger partial charge in [0.1, 0.15) is 0 Å². The molecule has 0 aromatic heterocycles. The first-order valence-electron chi connectivity index (χ1n) is 7.05. The lowest BCUT2D eigenvalue weighted by Gasteiger charge is -2.27. The van der Waals surface area contributed by atoms with Crippen LogP contribution in [0.2, 0.25) is 5.02 Å². The normalized spacial score (nSPS) is 22.2. The van der Waals surface area contributed by atoms with Gasteiger partial charge in [-0.1, -0.05) is 11.6 Å². The quantitative estimate of drug-likeness (QED) is 0.911. The molecular formula is C14H22ClN3O2S. The average Bonchev–Trinajstić information content (AvgIpc) is 2.59. The van der Waals surface area contributed by atoms with E-state index in [2.05, 4.69) is 4.90 Å². The summed E-state index contributed by atoms with van der Waals surface area (Å²) in [6, 6.07) is 4.68. The van der Waals surface area contributed by atoms with Crippen molar-refractivity contribution in [1.29, 1.82) is 0 Å². The third kappa shape index (κ3) is 3.57. The van der Waals surface area contributed by atoms with Crippen LogP contribution in [0.1, 0.15) is 18.9 Å². The van der Waals surface area contributed by atoms with Crippen LogP contribution in [-0.4, -0.2) is 50.3 Å². The molecule has 1 aromatic carbocycles. The van der Waals surface area contributed by atoms with E-state index in [0.29, 0.717) is 17.1 Å². The third-order valence-corrected chi connectivity index (χ3v) is 6.21. The molecule has 0 saturated carbocycles. The molecule has 21 heavy (non-hydrogen) atoms. The number of halogens is 1. The first-order valence-corrected chi connectivity index (χ1v) is 8.87. The van der Waals surface area contributed by atoms with Crippen LogP contribution in [0.25, 0.3) is 0 Å². The maximum atomic E-state index is 12.9. The Balaban J connectivity index is 2.36. The predicted molar refractivity (Wildman–Crippen MR) is 84.8 cm³/mol. The summed E-state index contributed by atoms with van der Waals surface area (Å²) in [5.41, 5.74) is 6.26. The Morgan fingerprint density at radius 2 is 2.10 bits per heavy atom. The highest BCUT2D eigenvalue weighted by Gasteiger charge is 2.31. The van der Waals surface area contributed by atoms with Gasteiger partial charge in [0.05, 0.1) is 4.90 Å². The van der Waals surface area contributed by atoms with Gasteiger partial charge in [-0.2, -0.15) is 4.31 Å². The molecule has 0 amide bonds. The Kier molecular flexibility index (Phi) is 5.27. The van der Waals surface area contributed by atoms with Crippen molar-refractivity contribution in [2.75, 3.05) is 26.7 Å². The number of hydrogen-bond acceptors (Lipinski definition) is 4. The van der Waals surface area contributed by atoms with Crippen LogP contribution in [0, 0.1) is 0 Å². The van der Waals surface area contributed by atoms with Gasteiger partial charge < -0.3 is 10.6 Å². The zero-order chi connectivity index (χ0) is 15.6. The van der Waals surface area contributed by atoms with E-state index in [-0.39, 0.29) is 17.5 Å². The molecule has 7 heteroatoms. The number of rotatable bonds is 3. The van der Waals surface area contributed by atoms with Crippen LogP contribution < -0.4 is 5.73 Å². The first kappa shape index (κ1) is 16.7. The van der Waals surface area contributed by atoms with Crippen molar-refractivity contribution >= 4 is 21.6 Å². The van der Waals surface area contributed by atoms with Gasteiger partial charge in [0.2, 0.25) is 10.0 Å². The van der Waals surface area contributed by atoms with E-state index in [0.717, 1.165) is 19.5 Å². The molecule has 1 atom stereocenters. The molecule has 2 rings (SSSR count). The molecule has 118 valence electrons.